The highest BCUT2D eigenvalue weighted by Crippen LogP contribution is 2.24. The third kappa shape index (κ3) is 5.44. The molecule has 0 aliphatic heterocycles. The van der Waals surface area contributed by atoms with Gasteiger partial charge in [0.05, 0.1) is 11.4 Å². The molecule has 0 heterocycles. The van der Waals surface area contributed by atoms with E-state index in [1.54, 1.807) is 54.6 Å². The summed E-state index contributed by atoms with van der Waals surface area (Å²) >= 11 is 7.46. The average Bonchev–Trinajstić information content (AvgIpc) is 2.71. The average molecular weight is 414 g/mol. The molecule has 0 radical (unpaired) electrons. The van der Waals surface area contributed by atoms with Gasteiger partial charge >= 0.3 is 0 Å². The van der Waals surface area contributed by atoms with E-state index >= 15 is 0 Å². The molecule has 0 aliphatic rings. The minimum atomic E-state index is -0.287. The standard InChI is InChI=1S/C22H17ClFNO2S/c23-17-8-11-20(19(12-17)22(27)16-4-2-1-3-5-16)25-21(26)14-28-13-15-6-9-18(24)10-7-15/h1-12H,13-14H2,(H,25,26). The fraction of sp³-hybridized carbons (Fsp3) is 0.0909. The van der Waals surface area contributed by atoms with Crippen LogP contribution in [0.25, 0.3) is 0 Å². The monoisotopic (exact) mass is 413 g/mol. The maximum absolute atomic E-state index is 12.9. The Bertz CT molecular complexity index is 978. The highest BCUT2D eigenvalue weighted by atomic mass is 35.5. The predicted molar refractivity (Wildman–Crippen MR) is 113 cm³/mol. The van der Waals surface area contributed by atoms with Crippen molar-refractivity contribution in [2.75, 3.05) is 11.1 Å². The molecular weight excluding hydrogens is 397 g/mol. The molecule has 0 fully saturated rings. The van der Waals surface area contributed by atoms with E-state index < -0.39 is 0 Å². The Hall–Kier alpha value is -2.63. The molecule has 0 unspecified atom stereocenters. The molecule has 3 aromatic carbocycles. The maximum Gasteiger partial charge on any atom is 0.234 e. The number of amides is 1. The normalized spacial score (nSPS) is 10.5. The number of nitrogens with one attached hydrogen (secondary N) is 1. The number of anilines is 1. The second-order valence-corrected chi connectivity index (χ2v) is 7.47. The molecule has 0 saturated heterocycles. The minimum Gasteiger partial charge on any atom is -0.325 e. The van der Waals surface area contributed by atoms with Crippen LogP contribution in [0, 0.1) is 5.82 Å². The molecule has 1 N–H and O–H groups in total. The van der Waals surface area contributed by atoms with Crippen molar-refractivity contribution in [3.63, 3.8) is 0 Å². The van der Waals surface area contributed by atoms with E-state index in [4.69, 9.17) is 11.6 Å². The lowest BCUT2D eigenvalue weighted by atomic mass is 10.0. The maximum atomic E-state index is 12.9. The first-order chi connectivity index (χ1) is 13.5. The summed E-state index contributed by atoms with van der Waals surface area (Å²) in [7, 11) is 0. The zero-order chi connectivity index (χ0) is 19.9. The van der Waals surface area contributed by atoms with E-state index in [9.17, 15) is 14.0 Å². The fourth-order valence-corrected chi connectivity index (χ4v) is 3.55. The summed E-state index contributed by atoms with van der Waals surface area (Å²) in [6.07, 6.45) is 0. The van der Waals surface area contributed by atoms with Crippen LogP contribution >= 0.6 is 23.4 Å². The summed E-state index contributed by atoms with van der Waals surface area (Å²) in [5, 5.41) is 3.20. The van der Waals surface area contributed by atoms with Gasteiger partial charge in [-0.15, -0.1) is 11.8 Å². The Labute approximate surface area is 171 Å². The van der Waals surface area contributed by atoms with Gasteiger partial charge in [-0.3, -0.25) is 9.59 Å². The van der Waals surface area contributed by atoms with Gasteiger partial charge in [-0.25, -0.2) is 4.39 Å². The molecular formula is C22H17ClFNO2S. The van der Waals surface area contributed by atoms with Crippen LogP contribution in [0.3, 0.4) is 0 Å². The lowest BCUT2D eigenvalue weighted by Gasteiger charge is -2.11. The van der Waals surface area contributed by atoms with Crippen molar-refractivity contribution in [3.8, 4) is 0 Å². The van der Waals surface area contributed by atoms with E-state index in [1.165, 1.54) is 23.9 Å². The first kappa shape index (κ1) is 20.1. The Kier molecular flexibility index (Phi) is 6.85. The summed E-state index contributed by atoms with van der Waals surface area (Å²) in [5.74, 6) is 0.0714. The van der Waals surface area contributed by atoms with Crippen molar-refractivity contribution in [2.24, 2.45) is 0 Å². The number of carbonyl (C=O) groups is 2. The van der Waals surface area contributed by atoms with Crippen LogP contribution in [-0.4, -0.2) is 17.4 Å². The van der Waals surface area contributed by atoms with Crippen molar-refractivity contribution in [2.45, 2.75) is 5.75 Å². The number of hydrogen-bond donors (Lipinski definition) is 1. The smallest absolute Gasteiger partial charge is 0.234 e. The summed E-state index contributed by atoms with van der Waals surface area (Å²) in [4.78, 5) is 25.1. The largest absolute Gasteiger partial charge is 0.325 e. The number of halogens is 2. The molecule has 0 atom stereocenters. The minimum absolute atomic E-state index is 0.207. The molecule has 3 aromatic rings. The summed E-state index contributed by atoms with van der Waals surface area (Å²) in [5.41, 5.74) is 2.22. The van der Waals surface area contributed by atoms with E-state index in [0.29, 0.717) is 27.6 Å². The molecule has 0 bridgehead atoms. The topological polar surface area (TPSA) is 46.2 Å². The summed E-state index contributed by atoms with van der Waals surface area (Å²) < 4.78 is 12.9. The molecule has 0 aromatic heterocycles. The Morgan fingerprint density at radius 2 is 1.68 bits per heavy atom. The molecule has 3 rings (SSSR count). The Balaban J connectivity index is 1.65. The summed E-state index contributed by atoms with van der Waals surface area (Å²) in [6, 6.07) is 19.8. The van der Waals surface area contributed by atoms with Gasteiger partial charge in [0.25, 0.3) is 0 Å². The van der Waals surface area contributed by atoms with Gasteiger partial charge in [-0.05, 0) is 35.9 Å². The van der Waals surface area contributed by atoms with Gasteiger partial charge in [0.2, 0.25) is 5.91 Å². The highest BCUT2D eigenvalue weighted by molar-refractivity contribution is 7.99. The third-order valence-electron chi connectivity index (χ3n) is 3.95. The van der Waals surface area contributed by atoms with E-state index in [2.05, 4.69) is 5.32 Å². The van der Waals surface area contributed by atoms with Gasteiger partial charge in [-0.1, -0.05) is 54.1 Å². The predicted octanol–water partition coefficient (Wildman–Crippen LogP) is 5.58. The zero-order valence-electron chi connectivity index (χ0n) is 14.8. The van der Waals surface area contributed by atoms with Gasteiger partial charge in [-0.2, -0.15) is 0 Å². The molecule has 142 valence electrons. The van der Waals surface area contributed by atoms with Crippen molar-refractivity contribution >= 4 is 40.7 Å². The Morgan fingerprint density at radius 1 is 0.964 bits per heavy atom. The molecule has 28 heavy (non-hydrogen) atoms. The summed E-state index contributed by atoms with van der Waals surface area (Å²) in [6.45, 7) is 0. The number of ketones is 1. The molecule has 3 nitrogen and oxygen atoms in total. The molecule has 6 heteroatoms. The number of rotatable bonds is 7. The van der Waals surface area contributed by atoms with Crippen LogP contribution in [0.15, 0.2) is 72.8 Å². The van der Waals surface area contributed by atoms with Crippen molar-refractivity contribution < 1.29 is 14.0 Å². The lowest BCUT2D eigenvalue weighted by Crippen LogP contribution is -2.17. The van der Waals surface area contributed by atoms with Crippen molar-refractivity contribution in [3.05, 3.63) is 100 Å². The second kappa shape index (κ2) is 9.53. The lowest BCUT2D eigenvalue weighted by molar-refractivity contribution is -0.113. The SMILES string of the molecule is O=C(CSCc1ccc(F)cc1)Nc1ccc(Cl)cc1C(=O)c1ccccc1. The highest BCUT2D eigenvalue weighted by Gasteiger charge is 2.16. The van der Waals surface area contributed by atoms with Gasteiger partial charge in [0, 0.05) is 21.9 Å². The van der Waals surface area contributed by atoms with Gasteiger partial charge in [0.15, 0.2) is 5.78 Å². The molecule has 1 amide bonds. The first-order valence-electron chi connectivity index (χ1n) is 8.54. The van der Waals surface area contributed by atoms with E-state index in [0.717, 1.165) is 5.56 Å². The first-order valence-corrected chi connectivity index (χ1v) is 10.1. The third-order valence-corrected chi connectivity index (χ3v) is 5.19. The van der Waals surface area contributed by atoms with Crippen LogP contribution in [-0.2, 0) is 10.5 Å². The zero-order valence-corrected chi connectivity index (χ0v) is 16.4. The quantitative estimate of drug-likeness (QED) is 0.514. The number of carbonyl (C=O) groups excluding carboxylic acids is 2. The van der Waals surface area contributed by atoms with Crippen LogP contribution in [0.2, 0.25) is 5.02 Å². The van der Waals surface area contributed by atoms with Gasteiger partial charge < -0.3 is 5.32 Å². The molecule has 0 saturated carbocycles. The number of hydrogen-bond acceptors (Lipinski definition) is 3. The van der Waals surface area contributed by atoms with Crippen molar-refractivity contribution in [1.82, 2.24) is 0 Å². The van der Waals surface area contributed by atoms with Crippen molar-refractivity contribution in [1.29, 1.82) is 0 Å². The van der Waals surface area contributed by atoms with Crippen LogP contribution in [0.4, 0.5) is 10.1 Å². The molecule has 0 aliphatic carbocycles. The van der Waals surface area contributed by atoms with Crippen LogP contribution in [0.5, 0.6) is 0 Å². The fourth-order valence-electron chi connectivity index (χ4n) is 2.59. The number of benzene rings is 3. The van der Waals surface area contributed by atoms with Crippen LogP contribution in [0.1, 0.15) is 21.5 Å². The second-order valence-electron chi connectivity index (χ2n) is 6.05. The number of thioether (sulfide) groups is 1. The van der Waals surface area contributed by atoms with E-state index in [-0.39, 0.29) is 23.3 Å². The Morgan fingerprint density at radius 3 is 2.39 bits per heavy atom. The van der Waals surface area contributed by atoms with E-state index in [1.807, 2.05) is 6.07 Å². The van der Waals surface area contributed by atoms with Crippen LogP contribution < -0.4 is 5.32 Å². The molecule has 0 spiro atoms. The van der Waals surface area contributed by atoms with Gasteiger partial charge in [0.1, 0.15) is 5.82 Å².